The number of methoxy groups -OCH3 is 1. The highest BCUT2D eigenvalue weighted by molar-refractivity contribution is 6.39. The van der Waals surface area contributed by atoms with Crippen molar-refractivity contribution >= 4 is 40.7 Å². The number of aliphatic hydroxyl groups excluding tert-OH is 1. The van der Waals surface area contributed by atoms with Crippen molar-refractivity contribution < 1.29 is 24.5 Å². The number of rotatable bonds is 14. The van der Waals surface area contributed by atoms with Crippen LogP contribution in [0.4, 0.5) is 0 Å². The zero-order chi connectivity index (χ0) is 36.1. The second-order valence-electron chi connectivity index (χ2n) is 12.2. The number of hydrogen-bond donors (Lipinski definition) is 5. The van der Waals surface area contributed by atoms with Crippen molar-refractivity contribution in [3.05, 3.63) is 105 Å². The van der Waals surface area contributed by atoms with Crippen LogP contribution < -0.4 is 26.2 Å². The molecular weight excluding hydrogens is 695 g/mol. The second kappa shape index (κ2) is 16.0. The van der Waals surface area contributed by atoms with Gasteiger partial charge in [0.25, 0.3) is 5.56 Å². The summed E-state index contributed by atoms with van der Waals surface area (Å²) >= 11 is 14.1. The third kappa shape index (κ3) is 8.22. The zero-order valence-corrected chi connectivity index (χ0v) is 29.2. The molecule has 1 aliphatic rings. The fourth-order valence-corrected chi connectivity index (χ4v) is 6.75. The molecule has 5 aromatic rings. The molecule has 264 valence electrons. The van der Waals surface area contributed by atoms with Crippen molar-refractivity contribution in [2.24, 2.45) is 0 Å². The number of ether oxygens (including phenoxy) is 1. The summed E-state index contributed by atoms with van der Waals surface area (Å²) in [4.78, 5) is 44.7. The highest BCUT2D eigenvalue weighted by Gasteiger charge is 2.21. The third-order valence-electron chi connectivity index (χ3n) is 8.68. The Bertz CT molecular complexity index is 2160. The summed E-state index contributed by atoms with van der Waals surface area (Å²) < 4.78 is 7.05. The average molecular weight is 732 g/mol. The lowest BCUT2D eigenvalue weighted by Crippen LogP contribution is -2.35. The second-order valence-corrected chi connectivity index (χ2v) is 13.0. The van der Waals surface area contributed by atoms with E-state index >= 15 is 0 Å². The van der Waals surface area contributed by atoms with Crippen LogP contribution in [0.5, 0.6) is 5.88 Å². The summed E-state index contributed by atoms with van der Waals surface area (Å²) in [7, 11) is 1.57. The Morgan fingerprint density at radius 3 is 2.41 bits per heavy atom. The fourth-order valence-electron chi connectivity index (χ4n) is 6.09. The number of fused-ring (bicyclic) bond motifs is 1. The van der Waals surface area contributed by atoms with Gasteiger partial charge in [0.1, 0.15) is 5.65 Å². The van der Waals surface area contributed by atoms with Crippen LogP contribution in [0.2, 0.25) is 10.0 Å². The molecule has 0 aliphatic carbocycles. The largest absolute Gasteiger partial charge is 0.481 e. The highest BCUT2D eigenvalue weighted by atomic mass is 35.5. The van der Waals surface area contributed by atoms with Gasteiger partial charge < -0.3 is 30.9 Å². The molecule has 3 aromatic heterocycles. The van der Waals surface area contributed by atoms with E-state index in [2.05, 4.69) is 20.9 Å². The summed E-state index contributed by atoms with van der Waals surface area (Å²) in [5, 5.41) is 28.8. The van der Waals surface area contributed by atoms with Crippen molar-refractivity contribution in [3.63, 3.8) is 0 Å². The van der Waals surface area contributed by atoms with Gasteiger partial charge in [-0.3, -0.25) is 18.8 Å². The number of carboxylic acid groups (broad SMARTS) is 1. The van der Waals surface area contributed by atoms with E-state index in [0.717, 1.165) is 23.1 Å². The highest BCUT2D eigenvalue weighted by Crippen LogP contribution is 2.42. The van der Waals surface area contributed by atoms with Crippen molar-refractivity contribution in [1.29, 1.82) is 0 Å². The first-order valence-electron chi connectivity index (χ1n) is 16.4. The molecule has 1 amide bonds. The smallest absolute Gasteiger partial charge is 0.306 e. The first kappa shape index (κ1) is 36.0. The molecule has 1 saturated heterocycles. The minimum atomic E-state index is -1.10. The van der Waals surface area contributed by atoms with E-state index in [9.17, 15) is 19.5 Å². The van der Waals surface area contributed by atoms with E-state index < -0.39 is 18.5 Å². The molecule has 14 heteroatoms. The van der Waals surface area contributed by atoms with Gasteiger partial charge in [-0.1, -0.05) is 65.7 Å². The number of carboxylic acids is 1. The predicted octanol–water partition coefficient (Wildman–Crippen LogP) is 4.70. The van der Waals surface area contributed by atoms with Gasteiger partial charge >= 0.3 is 5.97 Å². The molecule has 0 saturated carbocycles. The molecule has 12 nitrogen and oxygen atoms in total. The summed E-state index contributed by atoms with van der Waals surface area (Å²) in [5.74, 6) is -0.551. The number of benzene rings is 2. The molecule has 4 heterocycles. The van der Waals surface area contributed by atoms with Gasteiger partial charge in [0.2, 0.25) is 11.8 Å². The van der Waals surface area contributed by atoms with Crippen LogP contribution in [0.25, 0.3) is 39.2 Å². The van der Waals surface area contributed by atoms with Crippen molar-refractivity contribution in [1.82, 2.24) is 30.3 Å². The molecule has 2 atom stereocenters. The number of aromatic nitrogens is 3. The number of carbonyl (C=O) groups excluding carboxylic acids is 1. The van der Waals surface area contributed by atoms with Crippen LogP contribution in [-0.2, 0) is 22.7 Å². The van der Waals surface area contributed by atoms with Gasteiger partial charge in [0.15, 0.2) is 0 Å². The third-order valence-corrected chi connectivity index (χ3v) is 9.50. The number of nitrogens with zero attached hydrogens (tertiary/aromatic N) is 3. The Morgan fingerprint density at radius 2 is 1.71 bits per heavy atom. The van der Waals surface area contributed by atoms with Crippen LogP contribution in [0.15, 0.2) is 77.9 Å². The summed E-state index contributed by atoms with van der Waals surface area (Å²) in [6.07, 6.45) is 3.00. The molecule has 1 aliphatic heterocycles. The zero-order valence-electron chi connectivity index (χ0n) is 27.7. The SMILES string of the molecule is COc1nc(-c2cccc(-c3cccc(-c4ccn5c(=O)c(CNCC(O)CC(=O)O)cnc5c4)c3Cl)c2Cl)ccc1CNCC1CCC(=O)N1. The van der Waals surface area contributed by atoms with Gasteiger partial charge in [0, 0.05) is 84.4 Å². The Balaban J connectivity index is 1.22. The van der Waals surface area contributed by atoms with Crippen LogP contribution >= 0.6 is 23.2 Å². The maximum Gasteiger partial charge on any atom is 0.306 e. The van der Waals surface area contributed by atoms with E-state index in [-0.39, 0.29) is 30.6 Å². The van der Waals surface area contributed by atoms with Crippen LogP contribution in [-0.4, -0.2) is 68.8 Å². The lowest BCUT2D eigenvalue weighted by Gasteiger charge is -2.16. The molecular formula is C37H36Cl2N6O6. The molecule has 0 bridgehead atoms. The first-order valence-corrected chi connectivity index (χ1v) is 17.1. The number of aliphatic hydroxyl groups is 1. The minimum absolute atomic E-state index is 0.0218. The lowest BCUT2D eigenvalue weighted by molar-refractivity contribution is -0.139. The number of carbonyl (C=O) groups is 2. The number of hydrogen-bond acceptors (Lipinski definition) is 9. The number of pyridine rings is 2. The van der Waals surface area contributed by atoms with E-state index in [1.165, 1.54) is 10.6 Å². The van der Waals surface area contributed by atoms with Gasteiger partial charge in [-0.2, -0.15) is 0 Å². The van der Waals surface area contributed by atoms with Crippen molar-refractivity contribution in [3.8, 4) is 39.4 Å². The van der Waals surface area contributed by atoms with E-state index in [1.54, 1.807) is 25.4 Å². The predicted molar refractivity (Wildman–Crippen MR) is 195 cm³/mol. The van der Waals surface area contributed by atoms with Crippen LogP contribution in [0.1, 0.15) is 30.4 Å². The summed E-state index contributed by atoms with van der Waals surface area (Å²) in [6, 6.07) is 18.9. The van der Waals surface area contributed by atoms with Crippen molar-refractivity contribution in [2.45, 2.75) is 44.5 Å². The molecule has 5 N–H and O–H groups in total. The summed E-state index contributed by atoms with van der Waals surface area (Å²) in [5.41, 5.74) is 5.60. The fraction of sp³-hybridized carbons (Fsp3) is 0.270. The van der Waals surface area contributed by atoms with Crippen LogP contribution in [0.3, 0.4) is 0 Å². The van der Waals surface area contributed by atoms with E-state index in [0.29, 0.717) is 69.0 Å². The minimum Gasteiger partial charge on any atom is -0.481 e. The number of halogens is 2. The van der Waals surface area contributed by atoms with Crippen molar-refractivity contribution in [2.75, 3.05) is 20.2 Å². The Hall–Kier alpha value is -4.85. The molecule has 6 rings (SSSR count). The quantitative estimate of drug-likeness (QED) is 0.108. The standard InChI is InChI=1S/C37H36Cl2N6O6/c1-51-36-22(16-40-19-24-9-11-32(47)43-24)8-10-30(44-36)29-7-3-6-28(35(29)39)27-5-2-4-26(34(27)38)21-12-13-45-31(14-21)42-18-23(37(45)50)17-41-20-25(46)15-33(48)49/h2-8,10,12-14,18,24-25,40-41,46H,9,11,15-17,19-20H2,1H3,(H,43,47)(H,48,49). The first-order chi connectivity index (χ1) is 24.6. The Morgan fingerprint density at radius 1 is 1.00 bits per heavy atom. The molecule has 1 fully saturated rings. The van der Waals surface area contributed by atoms with E-state index in [4.69, 9.17) is 38.0 Å². The van der Waals surface area contributed by atoms with Gasteiger partial charge in [-0.05, 0) is 30.2 Å². The van der Waals surface area contributed by atoms with E-state index in [1.807, 2.05) is 48.5 Å². The average Bonchev–Trinajstić information content (AvgIpc) is 3.54. The number of nitrogens with one attached hydrogen (secondary N) is 3. The Labute approximate surface area is 303 Å². The molecule has 0 radical (unpaired) electrons. The normalized spacial score (nSPS) is 14.8. The number of amides is 1. The monoisotopic (exact) mass is 730 g/mol. The van der Waals surface area contributed by atoms with Crippen LogP contribution in [0, 0.1) is 0 Å². The van der Waals surface area contributed by atoms with Gasteiger partial charge in [0.05, 0.1) is 35.4 Å². The maximum atomic E-state index is 13.1. The molecule has 51 heavy (non-hydrogen) atoms. The molecule has 0 spiro atoms. The molecule has 2 unspecified atom stereocenters. The number of aliphatic carboxylic acids is 1. The van der Waals surface area contributed by atoms with Gasteiger partial charge in [-0.25, -0.2) is 9.97 Å². The summed E-state index contributed by atoms with van der Waals surface area (Å²) in [6.45, 7) is 1.32. The lowest BCUT2D eigenvalue weighted by atomic mass is 9.97. The topological polar surface area (TPSA) is 167 Å². The van der Waals surface area contributed by atoms with Gasteiger partial charge in [-0.15, -0.1) is 0 Å². The Kier molecular flexibility index (Phi) is 11.3. The molecule has 2 aromatic carbocycles. The maximum absolute atomic E-state index is 13.1.